The zero-order valence-electron chi connectivity index (χ0n) is 17.9. The molecular formula is C22H26O11. The molecule has 0 aromatic heterocycles. The Labute approximate surface area is 189 Å². The fourth-order valence-electron chi connectivity index (χ4n) is 2.91. The number of aliphatic hydroxyl groups excluding tert-OH is 4. The molecule has 1 aliphatic rings. The highest BCUT2D eigenvalue weighted by atomic mass is 16.7. The topological polar surface area (TPSA) is 172 Å². The second kappa shape index (κ2) is 12.1. The highest BCUT2D eigenvalue weighted by Gasteiger charge is 2.44. The van der Waals surface area contributed by atoms with Crippen LogP contribution in [0.4, 0.5) is 0 Å². The third kappa shape index (κ3) is 6.40. The Morgan fingerprint density at radius 2 is 1.42 bits per heavy atom. The van der Waals surface area contributed by atoms with E-state index in [1.54, 1.807) is 0 Å². The van der Waals surface area contributed by atoms with Crippen LogP contribution >= 0.6 is 0 Å². The van der Waals surface area contributed by atoms with Crippen LogP contribution in [0.15, 0.2) is 36.4 Å². The van der Waals surface area contributed by atoms with Crippen LogP contribution in [0.3, 0.4) is 0 Å². The van der Waals surface area contributed by atoms with Crippen LogP contribution in [-0.2, 0) is 4.74 Å². The van der Waals surface area contributed by atoms with Crippen LogP contribution in [0.1, 0.15) is 20.7 Å². The van der Waals surface area contributed by atoms with Gasteiger partial charge in [-0.2, -0.15) is 0 Å². The summed E-state index contributed by atoms with van der Waals surface area (Å²) >= 11 is 0. The maximum Gasteiger partial charge on any atom is 0.229 e. The van der Waals surface area contributed by atoms with E-state index >= 15 is 0 Å². The number of benzene rings is 2. The van der Waals surface area contributed by atoms with Crippen molar-refractivity contribution in [1.29, 1.82) is 0 Å². The van der Waals surface area contributed by atoms with Gasteiger partial charge in [-0.1, -0.05) is 0 Å². The van der Waals surface area contributed by atoms with Gasteiger partial charge in [0, 0.05) is 11.1 Å². The molecule has 0 aliphatic carbocycles. The van der Waals surface area contributed by atoms with Crippen molar-refractivity contribution in [3.05, 3.63) is 47.5 Å². The number of aldehydes is 2. The van der Waals surface area contributed by atoms with Gasteiger partial charge in [0.15, 0.2) is 23.0 Å². The van der Waals surface area contributed by atoms with E-state index in [0.717, 1.165) is 0 Å². The molecule has 180 valence electrons. The van der Waals surface area contributed by atoms with Gasteiger partial charge >= 0.3 is 0 Å². The molecule has 11 heteroatoms. The SMILES string of the molecule is COc1cc(C=O)ccc1O.COc1cc(C=O)ccc1O[C@@H]1O[C@H](CO)[C@@H](O)[C@H](O)[C@H]1O. The Kier molecular flexibility index (Phi) is 9.57. The summed E-state index contributed by atoms with van der Waals surface area (Å²) in [5.74, 6) is 0.770. The van der Waals surface area contributed by atoms with Crippen LogP contribution in [0, 0.1) is 0 Å². The first-order chi connectivity index (χ1) is 15.8. The first kappa shape index (κ1) is 26.0. The second-order valence-corrected chi connectivity index (χ2v) is 6.89. The summed E-state index contributed by atoms with van der Waals surface area (Å²) in [7, 11) is 2.81. The Morgan fingerprint density at radius 1 is 0.848 bits per heavy atom. The van der Waals surface area contributed by atoms with Crippen LogP contribution in [0.5, 0.6) is 23.0 Å². The maximum atomic E-state index is 10.7. The van der Waals surface area contributed by atoms with E-state index in [1.807, 2.05) is 0 Å². The second-order valence-electron chi connectivity index (χ2n) is 6.89. The molecule has 0 amide bonds. The molecule has 11 nitrogen and oxygen atoms in total. The predicted molar refractivity (Wildman–Crippen MR) is 113 cm³/mol. The van der Waals surface area contributed by atoms with E-state index in [4.69, 9.17) is 29.2 Å². The van der Waals surface area contributed by atoms with Crippen LogP contribution in [-0.4, -0.2) is 89.6 Å². The fraction of sp³-hybridized carbons (Fsp3) is 0.364. The van der Waals surface area contributed by atoms with Gasteiger partial charge in [0.1, 0.15) is 37.0 Å². The number of aromatic hydroxyl groups is 1. The largest absolute Gasteiger partial charge is 0.504 e. The number of phenolic OH excluding ortho intramolecular Hbond substituents is 1. The third-order valence-electron chi connectivity index (χ3n) is 4.76. The number of phenols is 1. The van der Waals surface area contributed by atoms with Crippen molar-refractivity contribution < 1.29 is 54.1 Å². The number of carbonyl (C=O) groups is 2. The van der Waals surface area contributed by atoms with Crippen molar-refractivity contribution in [1.82, 2.24) is 0 Å². The molecule has 5 N–H and O–H groups in total. The Balaban J connectivity index is 0.000000294. The summed E-state index contributed by atoms with van der Waals surface area (Å²) in [5, 5.41) is 47.5. The molecule has 1 aliphatic heterocycles. The number of hydrogen-bond donors (Lipinski definition) is 5. The number of methoxy groups -OCH3 is 2. The molecule has 3 rings (SSSR count). The minimum absolute atomic E-state index is 0.0399. The number of aliphatic hydroxyl groups is 4. The monoisotopic (exact) mass is 466 g/mol. The smallest absolute Gasteiger partial charge is 0.229 e. The molecule has 1 saturated heterocycles. The number of rotatable bonds is 7. The number of ether oxygens (including phenoxy) is 4. The van der Waals surface area contributed by atoms with Crippen molar-refractivity contribution >= 4 is 12.6 Å². The van der Waals surface area contributed by atoms with Crippen molar-refractivity contribution in [3.63, 3.8) is 0 Å². The molecule has 1 fully saturated rings. The van der Waals surface area contributed by atoms with E-state index in [1.165, 1.54) is 50.6 Å². The molecule has 0 spiro atoms. The van der Waals surface area contributed by atoms with Crippen LogP contribution in [0.25, 0.3) is 0 Å². The molecule has 5 atom stereocenters. The van der Waals surface area contributed by atoms with Gasteiger partial charge in [-0.15, -0.1) is 0 Å². The van der Waals surface area contributed by atoms with Crippen molar-refractivity contribution in [2.75, 3.05) is 20.8 Å². The molecule has 0 unspecified atom stereocenters. The van der Waals surface area contributed by atoms with E-state index in [-0.39, 0.29) is 17.2 Å². The first-order valence-electron chi connectivity index (χ1n) is 9.72. The average molecular weight is 466 g/mol. The summed E-state index contributed by atoms with van der Waals surface area (Å²) in [6, 6.07) is 8.78. The van der Waals surface area contributed by atoms with Gasteiger partial charge in [-0.3, -0.25) is 9.59 Å². The van der Waals surface area contributed by atoms with Crippen molar-refractivity contribution in [3.8, 4) is 23.0 Å². The molecule has 0 bridgehead atoms. The lowest BCUT2D eigenvalue weighted by atomic mass is 9.99. The van der Waals surface area contributed by atoms with E-state index in [2.05, 4.69) is 0 Å². The summed E-state index contributed by atoms with van der Waals surface area (Å²) in [4.78, 5) is 21.0. The van der Waals surface area contributed by atoms with E-state index in [9.17, 15) is 24.9 Å². The molecule has 1 heterocycles. The normalized spacial score (nSPS) is 24.1. The van der Waals surface area contributed by atoms with Gasteiger partial charge in [0.2, 0.25) is 6.29 Å². The summed E-state index contributed by atoms with van der Waals surface area (Å²) in [5.41, 5.74) is 0.859. The Hall–Kier alpha value is -3.22. The van der Waals surface area contributed by atoms with Gasteiger partial charge in [-0.05, 0) is 36.4 Å². The van der Waals surface area contributed by atoms with Crippen molar-refractivity contribution in [2.24, 2.45) is 0 Å². The van der Waals surface area contributed by atoms with Crippen molar-refractivity contribution in [2.45, 2.75) is 30.7 Å². The molecule has 2 aromatic rings. The highest BCUT2D eigenvalue weighted by Crippen LogP contribution is 2.31. The number of hydrogen-bond acceptors (Lipinski definition) is 11. The predicted octanol–water partition coefficient (Wildman–Crippen LogP) is -0.100. The van der Waals surface area contributed by atoms with E-state index < -0.39 is 37.3 Å². The van der Waals surface area contributed by atoms with Gasteiger partial charge in [0.05, 0.1) is 20.8 Å². The lowest BCUT2D eigenvalue weighted by molar-refractivity contribution is -0.277. The quantitative estimate of drug-likeness (QED) is 0.345. The zero-order chi connectivity index (χ0) is 24.5. The molecule has 33 heavy (non-hydrogen) atoms. The van der Waals surface area contributed by atoms with Gasteiger partial charge in [0.25, 0.3) is 0 Å². The summed E-state index contributed by atoms with van der Waals surface area (Å²) < 4.78 is 20.5. The lowest BCUT2D eigenvalue weighted by Crippen LogP contribution is -2.60. The van der Waals surface area contributed by atoms with Gasteiger partial charge in [-0.25, -0.2) is 0 Å². The molecule has 0 radical (unpaired) electrons. The highest BCUT2D eigenvalue weighted by molar-refractivity contribution is 5.76. The molecule has 2 aromatic carbocycles. The first-order valence-corrected chi connectivity index (χ1v) is 9.72. The maximum absolute atomic E-state index is 10.7. The number of carbonyl (C=O) groups excluding carboxylic acids is 2. The molecule has 0 saturated carbocycles. The summed E-state index contributed by atoms with van der Waals surface area (Å²) in [6.07, 6.45) is -5.55. The zero-order valence-corrected chi connectivity index (χ0v) is 17.9. The average Bonchev–Trinajstić information content (AvgIpc) is 2.85. The van der Waals surface area contributed by atoms with Crippen LogP contribution in [0.2, 0.25) is 0 Å². The fourth-order valence-corrected chi connectivity index (χ4v) is 2.91. The molecular weight excluding hydrogens is 440 g/mol. The van der Waals surface area contributed by atoms with E-state index in [0.29, 0.717) is 29.4 Å². The van der Waals surface area contributed by atoms with Gasteiger partial charge < -0.3 is 44.5 Å². The minimum atomic E-state index is -1.53. The third-order valence-corrected chi connectivity index (χ3v) is 4.76. The standard InChI is InChI=1S/C14H18O8.C8H8O3/c1-20-9-4-7(5-15)2-3-8(9)21-14-13(19)12(18)11(17)10(6-16)22-14;1-11-8-4-6(5-9)2-3-7(8)10/h2-5,10-14,16-19H,6H2,1H3;2-5,10H,1H3/t10-,11-,12+,13-,14-;/m1./s1. The summed E-state index contributed by atoms with van der Waals surface area (Å²) in [6.45, 7) is -0.550. The van der Waals surface area contributed by atoms with Crippen LogP contribution < -0.4 is 14.2 Å². The Bertz CT molecular complexity index is 931. The minimum Gasteiger partial charge on any atom is -0.504 e. The Morgan fingerprint density at radius 3 is 1.97 bits per heavy atom. The lowest BCUT2D eigenvalue weighted by Gasteiger charge is -2.39.